The molecule has 0 aliphatic heterocycles. The van der Waals surface area contributed by atoms with Crippen LogP contribution in [0.2, 0.25) is 0 Å². The molecule has 0 saturated carbocycles. The molecule has 1 aromatic carbocycles. The number of furan rings is 1. The summed E-state index contributed by atoms with van der Waals surface area (Å²) in [4.78, 5) is 28.8. The minimum Gasteiger partial charge on any atom is -0.494 e. The number of ether oxygens (including phenoxy) is 2. The van der Waals surface area contributed by atoms with Crippen molar-refractivity contribution in [1.82, 2.24) is 4.57 Å². The van der Waals surface area contributed by atoms with Crippen molar-refractivity contribution in [2.24, 2.45) is 4.99 Å². The topological polar surface area (TPSA) is 83.0 Å². The van der Waals surface area contributed by atoms with Crippen molar-refractivity contribution in [3.63, 3.8) is 0 Å². The van der Waals surface area contributed by atoms with E-state index in [1.54, 1.807) is 23.6 Å². The maximum absolute atomic E-state index is 12.3. The van der Waals surface area contributed by atoms with Gasteiger partial charge in [-0.25, -0.2) is 0 Å². The Morgan fingerprint density at radius 2 is 2.08 bits per heavy atom. The van der Waals surface area contributed by atoms with Crippen LogP contribution in [0.5, 0.6) is 5.75 Å². The lowest BCUT2D eigenvalue weighted by Crippen LogP contribution is -2.23. The van der Waals surface area contributed by atoms with Crippen LogP contribution >= 0.6 is 11.3 Å². The van der Waals surface area contributed by atoms with Crippen LogP contribution in [-0.2, 0) is 16.1 Å². The van der Waals surface area contributed by atoms with Crippen LogP contribution in [0.1, 0.15) is 24.4 Å². The van der Waals surface area contributed by atoms with Gasteiger partial charge < -0.3 is 18.5 Å². The van der Waals surface area contributed by atoms with E-state index in [1.807, 2.05) is 25.1 Å². The van der Waals surface area contributed by atoms with E-state index in [1.165, 1.54) is 17.6 Å². The van der Waals surface area contributed by atoms with Gasteiger partial charge in [-0.15, -0.1) is 0 Å². The second kappa shape index (κ2) is 8.01. The highest BCUT2D eigenvalue weighted by Crippen LogP contribution is 2.23. The number of esters is 1. The molecule has 7 nitrogen and oxygen atoms in total. The molecule has 0 radical (unpaired) electrons. The van der Waals surface area contributed by atoms with Crippen LogP contribution in [-0.4, -0.2) is 29.7 Å². The molecule has 136 valence electrons. The first-order chi connectivity index (χ1) is 12.6. The summed E-state index contributed by atoms with van der Waals surface area (Å²) in [5, 5.41) is 0. The largest absolute Gasteiger partial charge is 0.494 e. The van der Waals surface area contributed by atoms with E-state index in [-0.39, 0.29) is 18.9 Å². The number of amides is 1. The summed E-state index contributed by atoms with van der Waals surface area (Å²) in [6.45, 7) is 4.45. The fraction of sp³-hybridized carbons (Fsp3) is 0.278. The third kappa shape index (κ3) is 3.85. The fourth-order valence-electron chi connectivity index (χ4n) is 2.43. The number of carbonyl (C=O) groups is 2. The molecule has 26 heavy (non-hydrogen) atoms. The van der Waals surface area contributed by atoms with E-state index >= 15 is 0 Å². The minimum atomic E-state index is -0.510. The Bertz CT molecular complexity index is 985. The van der Waals surface area contributed by atoms with Gasteiger partial charge in [0, 0.05) is 0 Å². The van der Waals surface area contributed by atoms with Gasteiger partial charge in [0.1, 0.15) is 12.3 Å². The molecular weight excluding hydrogens is 356 g/mol. The summed E-state index contributed by atoms with van der Waals surface area (Å²) in [7, 11) is 0. The van der Waals surface area contributed by atoms with Crippen molar-refractivity contribution in [3.8, 4) is 5.75 Å². The number of nitrogens with zero attached hydrogens (tertiary/aromatic N) is 2. The van der Waals surface area contributed by atoms with E-state index in [0.29, 0.717) is 17.2 Å². The maximum atomic E-state index is 12.3. The summed E-state index contributed by atoms with van der Waals surface area (Å²) < 4.78 is 18.2. The van der Waals surface area contributed by atoms with E-state index in [2.05, 4.69) is 4.99 Å². The minimum absolute atomic E-state index is 0.0356. The molecule has 0 atom stereocenters. The van der Waals surface area contributed by atoms with E-state index < -0.39 is 11.9 Å². The zero-order chi connectivity index (χ0) is 18.5. The Labute approximate surface area is 153 Å². The molecular formula is C18H18N2O5S. The fourth-order valence-corrected chi connectivity index (χ4v) is 3.48. The lowest BCUT2D eigenvalue weighted by Gasteiger charge is -2.06. The van der Waals surface area contributed by atoms with Gasteiger partial charge in [0.05, 0.1) is 29.7 Å². The smallest absolute Gasteiger partial charge is 0.326 e. The number of hydrogen-bond acceptors (Lipinski definition) is 6. The summed E-state index contributed by atoms with van der Waals surface area (Å²) in [6.07, 6.45) is 1.41. The molecule has 0 N–H and O–H groups in total. The highest BCUT2D eigenvalue weighted by molar-refractivity contribution is 7.16. The van der Waals surface area contributed by atoms with Gasteiger partial charge in [-0.3, -0.25) is 9.59 Å². The zero-order valence-corrected chi connectivity index (χ0v) is 15.2. The first-order valence-corrected chi connectivity index (χ1v) is 8.98. The Kier molecular flexibility index (Phi) is 5.52. The molecule has 0 bridgehead atoms. The maximum Gasteiger partial charge on any atom is 0.326 e. The molecule has 2 aromatic heterocycles. The van der Waals surface area contributed by atoms with Crippen molar-refractivity contribution in [2.75, 3.05) is 13.2 Å². The van der Waals surface area contributed by atoms with E-state index in [0.717, 1.165) is 10.2 Å². The number of fused-ring (bicyclic) bond motifs is 1. The van der Waals surface area contributed by atoms with Crippen molar-refractivity contribution in [3.05, 3.63) is 47.2 Å². The molecule has 0 unspecified atom stereocenters. The van der Waals surface area contributed by atoms with Gasteiger partial charge in [-0.05, 0) is 44.2 Å². The van der Waals surface area contributed by atoms with Crippen LogP contribution in [0.3, 0.4) is 0 Å². The third-order valence-corrected chi connectivity index (χ3v) is 4.53. The highest BCUT2D eigenvalue weighted by atomic mass is 32.1. The quantitative estimate of drug-likeness (QED) is 0.620. The number of aromatic nitrogens is 1. The third-order valence-electron chi connectivity index (χ3n) is 3.49. The number of thiazole rings is 1. The number of benzene rings is 1. The van der Waals surface area contributed by atoms with Crippen LogP contribution in [0.4, 0.5) is 0 Å². The molecule has 0 spiro atoms. The summed E-state index contributed by atoms with van der Waals surface area (Å²) >= 11 is 1.30. The molecule has 3 rings (SSSR count). The molecule has 3 aromatic rings. The average molecular weight is 374 g/mol. The van der Waals surface area contributed by atoms with Gasteiger partial charge in [0.2, 0.25) is 0 Å². The Hall–Kier alpha value is -2.87. The molecule has 0 fully saturated rings. The molecule has 8 heteroatoms. The van der Waals surface area contributed by atoms with Crippen molar-refractivity contribution >= 4 is 33.4 Å². The summed E-state index contributed by atoms with van der Waals surface area (Å²) in [5.41, 5.74) is 0.775. The Balaban J connectivity index is 2.09. The second-order valence-corrected chi connectivity index (χ2v) is 6.24. The Morgan fingerprint density at radius 3 is 2.77 bits per heavy atom. The SMILES string of the molecule is CCOC(=O)Cn1c(=NC(=O)c2ccco2)sc2cc(OCC)ccc21. The van der Waals surface area contributed by atoms with Gasteiger partial charge in [0.15, 0.2) is 10.6 Å². The monoisotopic (exact) mass is 374 g/mol. The van der Waals surface area contributed by atoms with Crippen molar-refractivity contribution in [1.29, 1.82) is 0 Å². The van der Waals surface area contributed by atoms with Gasteiger partial charge in [-0.1, -0.05) is 11.3 Å². The average Bonchev–Trinajstić information content (AvgIpc) is 3.24. The van der Waals surface area contributed by atoms with Crippen molar-refractivity contribution in [2.45, 2.75) is 20.4 Å². The number of carbonyl (C=O) groups excluding carboxylic acids is 2. The molecule has 0 aliphatic rings. The summed E-state index contributed by atoms with van der Waals surface area (Å²) in [5.74, 6) is -0.0502. The standard InChI is InChI=1S/C18H18N2O5S/c1-3-23-12-7-8-13-15(10-12)26-18(20(13)11-16(21)24-4-2)19-17(22)14-6-5-9-25-14/h5-10H,3-4,11H2,1-2H3. The first kappa shape index (κ1) is 17.9. The van der Waals surface area contributed by atoms with E-state index in [4.69, 9.17) is 13.9 Å². The van der Waals surface area contributed by atoms with Gasteiger partial charge in [-0.2, -0.15) is 4.99 Å². The number of hydrogen-bond donors (Lipinski definition) is 0. The van der Waals surface area contributed by atoms with Crippen LogP contribution in [0, 0.1) is 0 Å². The lowest BCUT2D eigenvalue weighted by atomic mass is 10.3. The summed E-state index contributed by atoms with van der Waals surface area (Å²) in [6, 6.07) is 8.68. The van der Waals surface area contributed by atoms with Gasteiger partial charge >= 0.3 is 11.9 Å². The first-order valence-electron chi connectivity index (χ1n) is 8.16. The molecule has 1 amide bonds. The zero-order valence-electron chi connectivity index (χ0n) is 14.4. The van der Waals surface area contributed by atoms with E-state index in [9.17, 15) is 9.59 Å². The Morgan fingerprint density at radius 1 is 1.23 bits per heavy atom. The molecule has 0 aliphatic carbocycles. The van der Waals surface area contributed by atoms with Crippen molar-refractivity contribution < 1.29 is 23.5 Å². The predicted molar refractivity (Wildman–Crippen MR) is 96.2 cm³/mol. The van der Waals surface area contributed by atoms with Crippen LogP contribution < -0.4 is 9.54 Å². The molecule has 0 saturated heterocycles. The highest BCUT2D eigenvalue weighted by Gasteiger charge is 2.14. The van der Waals surface area contributed by atoms with Crippen LogP contribution in [0.15, 0.2) is 46.0 Å². The van der Waals surface area contributed by atoms with Gasteiger partial charge in [0.25, 0.3) is 0 Å². The number of rotatable bonds is 6. The normalized spacial score (nSPS) is 11.7. The lowest BCUT2D eigenvalue weighted by molar-refractivity contribution is -0.143. The second-order valence-electron chi connectivity index (χ2n) is 5.23. The molecule has 2 heterocycles. The predicted octanol–water partition coefficient (Wildman–Crippen LogP) is 3.00. The van der Waals surface area contributed by atoms with Crippen LogP contribution in [0.25, 0.3) is 10.2 Å².